The summed E-state index contributed by atoms with van der Waals surface area (Å²) < 4.78 is 22.8. The van der Waals surface area contributed by atoms with Crippen molar-refractivity contribution in [2.45, 2.75) is 0 Å². The number of hydrogen-bond acceptors (Lipinski definition) is 5. The van der Waals surface area contributed by atoms with Crippen LogP contribution in [0.4, 0.5) is 4.39 Å². The Labute approximate surface area is 94.6 Å². The lowest BCUT2D eigenvalue weighted by Gasteiger charge is -2.01. The van der Waals surface area contributed by atoms with Crippen molar-refractivity contribution in [2.24, 2.45) is 0 Å². The second kappa shape index (κ2) is 4.20. The number of aromatic carboxylic acids is 1. The number of rotatable bonds is 3. The summed E-state index contributed by atoms with van der Waals surface area (Å²) in [5.74, 6) is -2.36. The zero-order chi connectivity index (χ0) is 12.4. The number of benzene rings is 1. The minimum Gasteiger partial charge on any atom is -0.497 e. The van der Waals surface area contributed by atoms with Crippen LogP contribution in [-0.4, -0.2) is 28.3 Å². The molecule has 0 amide bonds. The highest BCUT2D eigenvalue weighted by Crippen LogP contribution is 2.23. The quantitative estimate of drug-likeness (QED) is 0.873. The number of carboxylic acids is 1. The predicted molar refractivity (Wildman–Crippen MR) is 53.2 cm³/mol. The molecule has 0 aliphatic rings. The van der Waals surface area contributed by atoms with Gasteiger partial charge in [0.2, 0.25) is 5.82 Å². The lowest BCUT2D eigenvalue weighted by Crippen LogP contribution is -1.96. The molecule has 0 bridgehead atoms. The van der Waals surface area contributed by atoms with Crippen LogP contribution in [0.1, 0.15) is 10.7 Å². The molecule has 0 atom stereocenters. The molecule has 0 saturated carbocycles. The topological polar surface area (TPSA) is 85.5 Å². The molecule has 2 rings (SSSR count). The van der Waals surface area contributed by atoms with Gasteiger partial charge in [0.15, 0.2) is 0 Å². The lowest BCUT2D eigenvalue weighted by molar-refractivity contribution is 0.0643. The fourth-order valence-corrected chi connectivity index (χ4v) is 1.22. The molecule has 88 valence electrons. The summed E-state index contributed by atoms with van der Waals surface area (Å²) >= 11 is 0. The molecule has 0 spiro atoms. The first kappa shape index (κ1) is 11.1. The molecule has 17 heavy (non-hydrogen) atoms. The molecular formula is C10H7FN2O4. The molecule has 0 unspecified atom stereocenters. The van der Waals surface area contributed by atoms with Crippen LogP contribution in [0.25, 0.3) is 11.4 Å². The largest absolute Gasteiger partial charge is 0.497 e. The van der Waals surface area contributed by atoms with Crippen LogP contribution in [0.3, 0.4) is 0 Å². The van der Waals surface area contributed by atoms with Gasteiger partial charge in [-0.2, -0.15) is 4.98 Å². The zero-order valence-corrected chi connectivity index (χ0v) is 8.68. The molecule has 1 aromatic heterocycles. The molecule has 0 fully saturated rings. The molecule has 0 radical (unpaired) electrons. The first-order valence-corrected chi connectivity index (χ1v) is 4.52. The number of halogens is 1. The molecule has 6 nitrogen and oxygen atoms in total. The van der Waals surface area contributed by atoms with Crippen molar-refractivity contribution in [3.63, 3.8) is 0 Å². The van der Waals surface area contributed by atoms with Crippen molar-refractivity contribution >= 4 is 5.97 Å². The molecule has 2 aromatic rings. The van der Waals surface area contributed by atoms with Gasteiger partial charge in [-0.15, -0.1) is 0 Å². The van der Waals surface area contributed by atoms with Crippen LogP contribution in [0, 0.1) is 5.82 Å². The van der Waals surface area contributed by atoms with Gasteiger partial charge in [-0.3, -0.25) is 0 Å². The first-order chi connectivity index (χ1) is 8.11. The van der Waals surface area contributed by atoms with E-state index in [-0.39, 0.29) is 11.4 Å². The Kier molecular flexibility index (Phi) is 2.73. The summed E-state index contributed by atoms with van der Waals surface area (Å²) in [6.45, 7) is 0. The van der Waals surface area contributed by atoms with E-state index in [0.29, 0.717) is 5.75 Å². The van der Waals surface area contributed by atoms with Crippen LogP contribution >= 0.6 is 0 Å². The fourth-order valence-electron chi connectivity index (χ4n) is 1.22. The third kappa shape index (κ3) is 2.07. The predicted octanol–water partition coefficient (Wildman–Crippen LogP) is 1.58. The molecular weight excluding hydrogens is 231 g/mol. The first-order valence-electron chi connectivity index (χ1n) is 4.52. The Balaban J connectivity index is 2.42. The average Bonchev–Trinajstić information content (AvgIpc) is 2.78. The van der Waals surface area contributed by atoms with Gasteiger partial charge in [-0.05, 0) is 12.1 Å². The molecule has 1 N–H and O–H groups in total. The number of hydrogen-bond donors (Lipinski definition) is 1. The van der Waals surface area contributed by atoms with Crippen LogP contribution in [0.2, 0.25) is 0 Å². The van der Waals surface area contributed by atoms with Crippen LogP contribution < -0.4 is 4.74 Å². The van der Waals surface area contributed by atoms with Crippen molar-refractivity contribution in [1.29, 1.82) is 0 Å². The van der Waals surface area contributed by atoms with Crippen LogP contribution in [0.15, 0.2) is 22.7 Å². The van der Waals surface area contributed by atoms with Crippen molar-refractivity contribution < 1.29 is 23.6 Å². The number of nitrogens with zero attached hydrogens (tertiary/aromatic N) is 2. The van der Waals surface area contributed by atoms with Gasteiger partial charge < -0.3 is 14.4 Å². The molecule has 1 heterocycles. The van der Waals surface area contributed by atoms with Gasteiger partial charge in [-0.25, -0.2) is 9.18 Å². The smallest absolute Gasteiger partial charge is 0.394 e. The maximum absolute atomic E-state index is 13.6. The van der Waals surface area contributed by atoms with E-state index in [0.717, 1.165) is 6.07 Å². The Bertz CT molecular complexity index is 567. The number of aromatic nitrogens is 2. The summed E-state index contributed by atoms with van der Waals surface area (Å²) in [5, 5.41) is 12.0. The van der Waals surface area contributed by atoms with Gasteiger partial charge in [0.1, 0.15) is 11.6 Å². The number of methoxy groups -OCH3 is 1. The summed E-state index contributed by atoms with van der Waals surface area (Å²) in [5.41, 5.74) is 0.0436. The molecule has 0 saturated heterocycles. The number of ether oxygens (including phenoxy) is 1. The highest BCUT2D eigenvalue weighted by molar-refractivity contribution is 5.82. The SMILES string of the molecule is COc1ccc(-c2noc(C(=O)O)n2)c(F)c1. The summed E-state index contributed by atoms with van der Waals surface area (Å²) in [6.07, 6.45) is 0. The average molecular weight is 238 g/mol. The van der Waals surface area contributed by atoms with Gasteiger partial charge in [-0.1, -0.05) is 5.16 Å². The fraction of sp³-hybridized carbons (Fsp3) is 0.100. The number of carboxylic acid groups (broad SMARTS) is 1. The van der Waals surface area contributed by atoms with Gasteiger partial charge >= 0.3 is 11.9 Å². The molecule has 1 aromatic carbocycles. The van der Waals surface area contributed by atoms with E-state index in [1.54, 1.807) is 0 Å². The standard InChI is InChI=1S/C10H7FN2O4/c1-16-5-2-3-6(7(11)4-5)8-12-9(10(14)15)17-13-8/h2-4H,1H3,(H,14,15). The normalized spacial score (nSPS) is 10.2. The second-order valence-electron chi connectivity index (χ2n) is 3.07. The zero-order valence-electron chi connectivity index (χ0n) is 8.68. The maximum Gasteiger partial charge on any atom is 0.394 e. The summed E-state index contributed by atoms with van der Waals surface area (Å²) in [7, 11) is 1.41. The third-order valence-corrected chi connectivity index (χ3v) is 2.03. The van der Waals surface area contributed by atoms with Gasteiger partial charge in [0.05, 0.1) is 12.7 Å². The Morgan fingerprint density at radius 1 is 1.53 bits per heavy atom. The van der Waals surface area contributed by atoms with E-state index in [1.807, 2.05) is 0 Å². The van der Waals surface area contributed by atoms with E-state index in [4.69, 9.17) is 9.84 Å². The van der Waals surface area contributed by atoms with Crippen molar-refractivity contribution in [3.05, 3.63) is 29.9 Å². The Hall–Kier alpha value is -2.44. The minimum absolute atomic E-state index is 0.0436. The van der Waals surface area contributed by atoms with Crippen molar-refractivity contribution in [3.8, 4) is 17.1 Å². The Morgan fingerprint density at radius 2 is 2.29 bits per heavy atom. The van der Waals surface area contributed by atoms with E-state index in [1.165, 1.54) is 19.2 Å². The van der Waals surface area contributed by atoms with Crippen LogP contribution in [-0.2, 0) is 0 Å². The minimum atomic E-state index is -1.36. The molecule has 0 aliphatic heterocycles. The molecule has 7 heteroatoms. The van der Waals surface area contributed by atoms with E-state index < -0.39 is 17.7 Å². The number of carbonyl (C=O) groups is 1. The third-order valence-electron chi connectivity index (χ3n) is 2.03. The van der Waals surface area contributed by atoms with Gasteiger partial charge in [0, 0.05) is 6.07 Å². The van der Waals surface area contributed by atoms with Crippen molar-refractivity contribution in [2.75, 3.05) is 7.11 Å². The summed E-state index contributed by atoms with van der Waals surface area (Å²) in [6, 6.07) is 4.03. The van der Waals surface area contributed by atoms with E-state index in [2.05, 4.69) is 14.7 Å². The highest BCUT2D eigenvalue weighted by atomic mass is 19.1. The lowest BCUT2D eigenvalue weighted by atomic mass is 10.2. The summed E-state index contributed by atoms with van der Waals surface area (Å²) in [4.78, 5) is 14.1. The maximum atomic E-state index is 13.6. The molecule has 0 aliphatic carbocycles. The van der Waals surface area contributed by atoms with Crippen molar-refractivity contribution in [1.82, 2.24) is 10.1 Å². The Morgan fingerprint density at radius 3 is 2.82 bits per heavy atom. The van der Waals surface area contributed by atoms with Crippen LogP contribution in [0.5, 0.6) is 5.75 Å². The monoisotopic (exact) mass is 238 g/mol. The van der Waals surface area contributed by atoms with Gasteiger partial charge in [0.25, 0.3) is 0 Å². The second-order valence-corrected chi connectivity index (χ2v) is 3.07. The van der Waals surface area contributed by atoms with E-state index in [9.17, 15) is 9.18 Å². The van der Waals surface area contributed by atoms with E-state index >= 15 is 0 Å². The highest BCUT2D eigenvalue weighted by Gasteiger charge is 2.17.